The summed E-state index contributed by atoms with van der Waals surface area (Å²) in [6, 6.07) is 12.7. The normalized spacial score (nSPS) is 18.5. The second-order valence-corrected chi connectivity index (χ2v) is 7.99. The number of nitrogens with zero attached hydrogens (tertiary/aromatic N) is 2. The van der Waals surface area contributed by atoms with Crippen molar-refractivity contribution < 1.29 is 14.3 Å². The van der Waals surface area contributed by atoms with Gasteiger partial charge in [-0.05, 0) is 55.9 Å². The van der Waals surface area contributed by atoms with Crippen LogP contribution in [0.4, 0.5) is 5.69 Å². The standard InChI is InChI=1S/C24H27N3O4/c1-30-18-11-12-22(31-2)21(13-18)26-23(28)17-9-7-16(8-10-17)14-27-15-25-20-6-4-3-5-19(20)24(27)29/h3-6,11-13,15-17H,7-10,14H2,1-2H3,(H,26,28). The lowest BCUT2D eigenvalue weighted by atomic mass is 9.81. The molecule has 4 rings (SSSR count). The minimum atomic E-state index is -0.0568. The third kappa shape index (κ3) is 4.55. The van der Waals surface area contributed by atoms with Crippen LogP contribution in [0.15, 0.2) is 53.6 Å². The summed E-state index contributed by atoms with van der Waals surface area (Å²) in [6.07, 6.45) is 5.01. The summed E-state index contributed by atoms with van der Waals surface area (Å²) >= 11 is 0. The Balaban J connectivity index is 1.37. The minimum Gasteiger partial charge on any atom is -0.497 e. The van der Waals surface area contributed by atoms with Gasteiger partial charge in [0.2, 0.25) is 5.91 Å². The number of ether oxygens (including phenoxy) is 2. The van der Waals surface area contributed by atoms with Crippen molar-refractivity contribution in [3.05, 3.63) is 59.1 Å². The highest BCUT2D eigenvalue weighted by Crippen LogP contribution is 2.33. The molecule has 0 atom stereocenters. The SMILES string of the molecule is COc1ccc(OC)c(NC(=O)C2CCC(Cn3cnc4ccccc4c3=O)CC2)c1. The van der Waals surface area contributed by atoms with Crippen LogP contribution in [-0.2, 0) is 11.3 Å². The fourth-order valence-electron chi connectivity index (χ4n) is 4.27. The molecule has 1 heterocycles. The van der Waals surface area contributed by atoms with Crippen molar-refractivity contribution in [2.75, 3.05) is 19.5 Å². The third-order valence-electron chi connectivity index (χ3n) is 6.07. The maximum atomic E-state index is 12.8. The zero-order valence-electron chi connectivity index (χ0n) is 17.8. The van der Waals surface area contributed by atoms with Crippen LogP contribution in [0.25, 0.3) is 10.9 Å². The first-order valence-electron chi connectivity index (χ1n) is 10.6. The van der Waals surface area contributed by atoms with E-state index in [1.165, 1.54) is 0 Å². The summed E-state index contributed by atoms with van der Waals surface area (Å²) < 4.78 is 12.3. The Morgan fingerprint density at radius 1 is 1.10 bits per heavy atom. The van der Waals surface area contributed by atoms with Crippen LogP contribution in [0.1, 0.15) is 25.7 Å². The molecule has 1 aromatic heterocycles. The van der Waals surface area contributed by atoms with Crippen LogP contribution < -0.4 is 20.3 Å². The number of anilines is 1. The summed E-state index contributed by atoms with van der Waals surface area (Å²) in [5, 5.41) is 3.63. The number of fused-ring (bicyclic) bond motifs is 1. The fourth-order valence-corrected chi connectivity index (χ4v) is 4.27. The largest absolute Gasteiger partial charge is 0.497 e. The number of carbonyl (C=O) groups is 1. The van der Waals surface area contributed by atoms with Gasteiger partial charge in [-0.15, -0.1) is 0 Å². The molecule has 0 unspecified atom stereocenters. The van der Waals surface area contributed by atoms with E-state index in [2.05, 4.69) is 10.3 Å². The lowest BCUT2D eigenvalue weighted by Crippen LogP contribution is -2.30. The van der Waals surface area contributed by atoms with E-state index in [9.17, 15) is 9.59 Å². The lowest BCUT2D eigenvalue weighted by molar-refractivity contribution is -0.121. The van der Waals surface area contributed by atoms with E-state index in [0.717, 1.165) is 31.2 Å². The number of amides is 1. The van der Waals surface area contributed by atoms with Crippen LogP contribution in [0, 0.1) is 11.8 Å². The molecule has 0 spiro atoms. The molecule has 3 aromatic rings. The average Bonchev–Trinajstić information content (AvgIpc) is 2.81. The van der Waals surface area contributed by atoms with Gasteiger partial charge >= 0.3 is 0 Å². The third-order valence-corrected chi connectivity index (χ3v) is 6.07. The van der Waals surface area contributed by atoms with Crippen LogP contribution in [0.2, 0.25) is 0 Å². The van der Waals surface area contributed by atoms with Gasteiger partial charge in [0.05, 0.1) is 37.1 Å². The molecule has 1 aliphatic rings. The van der Waals surface area contributed by atoms with Gasteiger partial charge in [0, 0.05) is 18.5 Å². The van der Waals surface area contributed by atoms with Crippen molar-refractivity contribution in [1.29, 1.82) is 0 Å². The first-order chi connectivity index (χ1) is 15.1. The van der Waals surface area contributed by atoms with Gasteiger partial charge < -0.3 is 14.8 Å². The number of benzene rings is 2. The number of aromatic nitrogens is 2. The first kappa shape index (κ1) is 20.9. The van der Waals surface area contributed by atoms with Gasteiger partial charge in [0.25, 0.3) is 5.56 Å². The molecule has 7 nitrogen and oxygen atoms in total. The van der Waals surface area contributed by atoms with Gasteiger partial charge in [-0.25, -0.2) is 4.98 Å². The van der Waals surface area contributed by atoms with Crippen molar-refractivity contribution in [1.82, 2.24) is 9.55 Å². The Labute approximate surface area is 181 Å². The molecule has 7 heteroatoms. The summed E-state index contributed by atoms with van der Waals surface area (Å²) in [5.74, 6) is 1.56. The number of hydrogen-bond donors (Lipinski definition) is 1. The summed E-state index contributed by atoms with van der Waals surface area (Å²) in [4.78, 5) is 30.0. The number of methoxy groups -OCH3 is 2. The van der Waals surface area contributed by atoms with Gasteiger partial charge in [-0.2, -0.15) is 0 Å². The van der Waals surface area contributed by atoms with Gasteiger partial charge in [0.15, 0.2) is 0 Å². The Bertz CT molecular complexity index is 1130. The molecular formula is C24H27N3O4. The van der Waals surface area contributed by atoms with E-state index < -0.39 is 0 Å². The van der Waals surface area contributed by atoms with Crippen molar-refractivity contribution in [3.8, 4) is 11.5 Å². The Kier molecular flexibility index (Phi) is 6.21. The van der Waals surface area contributed by atoms with E-state index in [1.54, 1.807) is 43.3 Å². The van der Waals surface area contributed by atoms with Crippen molar-refractivity contribution >= 4 is 22.5 Å². The summed E-state index contributed by atoms with van der Waals surface area (Å²) in [6.45, 7) is 0.634. The van der Waals surface area contributed by atoms with E-state index in [1.807, 2.05) is 24.3 Å². The average molecular weight is 421 g/mol. The topological polar surface area (TPSA) is 82.4 Å². The van der Waals surface area contributed by atoms with Crippen LogP contribution in [-0.4, -0.2) is 29.7 Å². The number of para-hydroxylation sites is 1. The lowest BCUT2D eigenvalue weighted by Gasteiger charge is -2.28. The summed E-state index contributed by atoms with van der Waals surface area (Å²) in [5.41, 5.74) is 1.33. The minimum absolute atomic E-state index is 0.00409. The van der Waals surface area contributed by atoms with E-state index >= 15 is 0 Å². The highest BCUT2D eigenvalue weighted by Gasteiger charge is 2.27. The second-order valence-electron chi connectivity index (χ2n) is 7.99. The van der Waals surface area contributed by atoms with Crippen LogP contribution >= 0.6 is 0 Å². The molecule has 31 heavy (non-hydrogen) atoms. The maximum Gasteiger partial charge on any atom is 0.261 e. The molecule has 162 valence electrons. The molecular weight excluding hydrogens is 394 g/mol. The molecule has 1 aliphatic carbocycles. The fraction of sp³-hybridized carbons (Fsp3) is 0.375. The van der Waals surface area contributed by atoms with E-state index in [0.29, 0.717) is 35.0 Å². The second kappa shape index (κ2) is 9.20. The molecule has 0 saturated heterocycles. The predicted octanol–water partition coefficient (Wildman–Crippen LogP) is 3.86. The number of nitrogens with one attached hydrogen (secondary N) is 1. The first-order valence-corrected chi connectivity index (χ1v) is 10.6. The maximum absolute atomic E-state index is 12.8. The van der Waals surface area contributed by atoms with Crippen molar-refractivity contribution in [3.63, 3.8) is 0 Å². The molecule has 1 N–H and O–H groups in total. The van der Waals surface area contributed by atoms with Gasteiger partial charge in [-0.3, -0.25) is 14.2 Å². The zero-order chi connectivity index (χ0) is 21.8. The zero-order valence-corrected chi connectivity index (χ0v) is 17.8. The molecule has 0 aliphatic heterocycles. The predicted molar refractivity (Wildman–Crippen MR) is 120 cm³/mol. The van der Waals surface area contributed by atoms with Gasteiger partial charge in [-0.1, -0.05) is 12.1 Å². The van der Waals surface area contributed by atoms with Crippen molar-refractivity contribution in [2.45, 2.75) is 32.2 Å². The monoisotopic (exact) mass is 421 g/mol. The number of rotatable bonds is 6. The molecule has 1 amide bonds. The van der Waals surface area contributed by atoms with Crippen molar-refractivity contribution in [2.24, 2.45) is 11.8 Å². The quantitative estimate of drug-likeness (QED) is 0.654. The van der Waals surface area contributed by atoms with Gasteiger partial charge in [0.1, 0.15) is 11.5 Å². The van der Waals surface area contributed by atoms with E-state index in [-0.39, 0.29) is 17.4 Å². The summed E-state index contributed by atoms with van der Waals surface area (Å²) in [7, 11) is 3.16. The molecule has 1 fully saturated rings. The number of hydrogen-bond acceptors (Lipinski definition) is 5. The Morgan fingerprint density at radius 3 is 2.61 bits per heavy atom. The molecule has 0 radical (unpaired) electrons. The van der Waals surface area contributed by atoms with Crippen LogP contribution in [0.3, 0.4) is 0 Å². The molecule has 1 saturated carbocycles. The molecule has 2 aromatic carbocycles. The van der Waals surface area contributed by atoms with E-state index in [4.69, 9.17) is 9.47 Å². The highest BCUT2D eigenvalue weighted by atomic mass is 16.5. The van der Waals surface area contributed by atoms with Crippen LogP contribution in [0.5, 0.6) is 11.5 Å². The molecule has 0 bridgehead atoms. The Morgan fingerprint density at radius 2 is 1.87 bits per heavy atom. The number of carbonyl (C=O) groups excluding carboxylic acids is 1. The highest BCUT2D eigenvalue weighted by molar-refractivity contribution is 5.94. The smallest absolute Gasteiger partial charge is 0.261 e. The Hall–Kier alpha value is -3.35.